The third-order valence-electron chi connectivity index (χ3n) is 2.85. The van der Waals surface area contributed by atoms with Gasteiger partial charge < -0.3 is 10.3 Å². The Morgan fingerprint density at radius 3 is 2.67 bits per heavy atom. The Morgan fingerprint density at radius 2 is 2.06 bits per heavy atom. The van der Waals surface area contributed by atoms with Gasteiger partial charge in [-0.05, 0) is 25.9 Å². The Labute approximate surface area is 103 Å². The van der Waals surface area contributed by atoms with Gasteiger partial charge >= 0.3 is 0 Å². The molecule has 0 aromatic carbocycles. The minimum atomic E-state index is -0.588. The van der Waals surface area contributed by atoms with Crippen LogP contribution in [0.4, 0.5) is 0 Å². The zero-order valence-corrected chi connectivity index (χ0v) is 9.73. The lowest BCUT2D eigenvalue weighted by Crippen LogP contribution is -2.41. The summed E-state index contributed by atoms with van der Waals surface area (Å²) in [7, 11) is 0. The van der Waals surface area contributed by atoms with Crippen LogP contribution in [0.1, 0.15) is 23.3 Å². The lowest BCUT2D eigenvalue weighted by molar-refractivity contribution is -0.124. The van der Waals surface area contributed by atoms with Crippen LogP contribution in [0.25, 0.3) is 0 Å². The van der Waals surface area contributed by atoms with Crippen molar-refractivity contribution in [1.82, 2.24) is 20.6 Å². The first-order valence-electron chi connectivity index (χ1n) is 5.77. The minimum absolute atomic E-state index is 0.0249. The van der Waals surface area contributed by atoms with E-state index in [9.17, 15) is 14.4 Å². The molecule has 0 unspecified atom stereocenters. The Hall–Kier alpha value is -2.02. The van der Waals surface area contributed by atoms with Crippen molar-refractivity contribution >= 4 is 11.8 Å². The standard InChI is InChI=1S/C11H14N4O3/c16-9-6-13-8(5-14-9)11(18)15-10(17)7-1-3-12-4-2-7/h5-7,12H,1-4H2,(H,14,16)(H,15,17,18). The molecule has 0 saturated carbocycles. The number of hydrogen-bond acceptors (Lipinski definition) is 5. The van der Waals surface area contributed by atoms with Crippen molar-refractivity contribution in [2.24, 2.45) is 5.92 Å². The summed E-state index contributed by atoms with van der Waals surface area (Å²) in [5.41, 5.74) is -0.367. The highest BCUT2D eigenvalue weighted by Crippen LogP contribution is 2.11. The van der Waals surface area contributed by atoms with E-state index in [1.807, 2.05) is 0 Å². The first-order chi connectivity index (χ1) is 8.66. The highest BCUT2D eigenvalue weighted by atomic mass is 16.2. The van der Waals surface area contributed by atoms with Crippen LogP contribution < -0.4 is 16.2 Å². The van der Waals surface area contributed by atoms with E-state index >= 15 is 0 Å². The van der Waals surface area contributed by atoms with Crippen molar-refractivity contribution in [1.29, 1.82) is 0 Å². The molecule has 0 aliphatic carbocycles. The van der Waals surface area contributed by atoms with Crippen LogP contribution in [0, 0.1) is 5.92 Å². The molecule has 1 aliphatic rings. The third-order valence-corrected chi connectivity index (χ3v) is 2.85. The molecule has 1 aliphatic heterocycles. The van der Waals surface area contributed by atoms with Gasteiger partial charge in [0.15, 0.2) is 0 Å². The number of carbonyl (C=O) groups is 2. The van der Waals surface area contributed by atoms with E-state index < -0.39 is 11.5 Å². The maximum Gasteiger partial charge on any atom is 0.277 e. The van der Waals surface area contributed by atoms with Crippen LogP contribution in [0.2, 0.25) is 0 Å². The SMILES string of the molecule is O=C(NC(=O)C1CCNCC1)c1c[nH]c(=O)cn1. The van der Waals surface area contributed by atoms with Crippen molar-refractivity contribution in [3.63, 3.8) is 0 Å². The summed E-state index contributed by atoms with van der Waals surface area (Å²) in [5, 5.41) is 5.44. The first kappa shape index (κ1) is 12.4. The zero-order chi connectivity index (χ0) is 13.0. The Morgan fingerprint density at radius 1 is 1.33 bits per heavy atom. The molecule has 2 amide bonds. The van der Waals surface area contributed by atoms with Gasteiger partial charge in [0, 0.05) is 12.1 Å². The van der Waals surface area contributed by atoms with Gasteiger partial charge in [0.05, 0.1) is 6.20 Å². The maximum atomic E-state index is 11.8. The van der Waals surface area contributed by atoms with Crippen LogP contribution in [-0.2, 0) is 4.79 Å². The van der Waals surface area contributed by atoms with Crippen molar-refractivity contribution in [3.8, 4) is 0 Å². The maximum absolute atomic E-state index is 11.8. The average molecular weight is 250 g/mol. The zero-order valence-electron chi connectivity index (χ0n) is 9.73. The molecule has 2 rings (SSSR count). The third kappa shape index (κ3) is 3.01. The highest BCUT2D eigenvalue weighted by Gasteiger charge is 2.23. The highest BCUT2D eigenvalue weighted by molar-refractivity contribution is 6.04. The van der Waals surface area contributed by atoms with E-state index in [4.69, 9.17) is 0 Å². The fraction of sp³-hybridized carbons (Fsp3) is 0.455. The van der Waals surface area contributed by atoms with Crippen LogP contribution >= 0.6 is 0 Å². The summed E-state index contributed by atoms with van der Waals surface area (Å²) in [5.74, 6) is -1.01. The topological polar surface area (TPSA) is 104 Å². The van der Waals surface area contributed by atoms with Crippen molar-refractivity contribution in [2.75, 3.05) is 13.1 Å². The quantitative estimate of drug-likeness (QED) is 0.586. The number of aromatic nitrogens is 2. The van der Waals surface area contributed by atoms with Crippen molar-refractivity contribution in [2.45, 2.75) is 12.8 Å². The van der Waals surface area contributed by atoms with Gasteiger partial charge in [0.1, 0.15) is 5.69 Å². The minimum Gasteiger partial charge on any atom is -0.325 e. The van der Waals surface area contributed by atoms with Crippen molar-refractivity contribution in [3.05, 3.63) is 28.4 Å². The molecule has 96 valence electrons. The van der Waals surface area contributed by atoms with E-state index in [2.05, 4.69) is 20.6 Å². The molecular weight excluding hydrogens is 236 g/mol. The Kier molecular flexibility index (Phi) is 3.83. The predicted octanol–water partition coefficient (Wildman–Crippen LogP) is -0.974. The second-order valence-corrected chi connectivity index (χ2v) is 4.14. The van der Waals surface area contributed by atoms with Gasteiger partial charge in [-0.3, -0.25) is 19.7 Å². The molecule has 0 radical (unpaired) electrons. The number of nitrogens with zero attached hydrogens (tertiary/aromatic N) is 1. The van der Waals surface area contributed by atoms with E-state index in [0.29, 0.717) is 0 Å². The largest absolute Gasteiger partial charge is 0.325 e. The molecule has 1 saturated heterocycles. The number of H-pyrrole nitrogens is 1. The molecule has 7 nitrogen and oxygen atoms in total. The summed E-state index contributed by atoms with van der Waals surface area (Å²) >= 11 is 0. The van der Waals surface area contributed by atoms with E-state index in [0.717, 1.165) is 32.1 Å². The van der Waals surface area contributed by atoms with Gasteiger partial charge in [-0.1, -0.05) is 0 Å². The number of imide groups is 1. The summed E-state index contributed by atoms with van der Waals surface area (Å²) in [4.78, 5) is 40.2. The Balaban J connectivity index is 1.96. The molecule has 1 aromatic rings. The smallest absolute Gasteiger partial charge is 0.277 e. The van der Waals surface area contributed by atoms with Gasteiger partial charge in [-0.15, -0.1) is 0 Å². The monoisotopic (exact) mass is 250 g/mol. The summed E-state index contributed by atoms with van der Waals surface area (Å²) < 4.78 is 0. The van der Waals surface area contributed by atoms with Crippen LogP contribution in [0.5, 0.6) is 0 Å². The number of rotatable bonds is 2. The van der Waals surface area contributed by atoms with E-state index in [-0.39, 0.29) is 17.5 Å². The predicted molar refractivity (Wildman–Crippen MR) is 62.9 cm³/mol. The molecule has 0 atom stereocenters. The van der Waals surface area contributed by atoms with Gasteiger partial charge in [0.25, 0.3) is 11.5 Å². The second-order valence-electron chi connectivity index (χ2n) is 4.14. The van der Waals surface area contributed by atoms with Gasteiger partial charge in [0.2, 0.25) is 5.91 Å². The molecule has 1 aromatic heterocycles. The molecular formula is C11H14N4O3. The normalized spacial score (nSPS) is 16.2. The van der Waals surface area contributed by atoms with Crippen molar-refractivity contribution < 1.29 is 9.59 Å². The molecule has 1 fully saturated rings. The molecule has 18 heavy (non-hydrogen) atoms. The first-order valence-corrected chi connectivity index (χ1v) is 5.77. The summed E-state index contributed by atoms with van der Waals surface area (Å²) in [6.07, 6.45) is 3.63. The van der Waals surface area contributed by atoms with Gasteiger partial charge in [-0.25, -0.2) is 4.98 Å². The fourth-order valence-corrected chi connectivity index (χ4v) is 1.83. The lowest BCUT2D eigenvalue weighted by Gasteiger charge is -2.21. The van der Waals surface area contributed by atoms with Crippen LogP contribution in [-0.4, -0.2) is 34.9 Å². The molecule has 0 bridgehead atoms. The number of nitrogens with one attached hydrogen (secondary N) is 3. The lowest BCUT2D eigenvalue weighted by atomic mass is 9.97. The Bertz CT molecular complexity index is 485. The summed E-state index contributed by atoms with van der Waals surface area (Å²) in [6.45, 7) is 1.56. The molecule has 3 N–H and O–H groups in total. The molecule has 2 heterocycles. The number of piperidine rings is 1. The van der Waals surface area contributed by atoms with Crippen LogP contribution in [0.3, 0.4) is 0 Å². The second kappa shape index (κ2) is 5.54. The summed E-state index contributed by atoms with van der Waals surface area (Å²) in [6, 6.07) is 0. The van der Waals surface area contributed by atoms with E-state index in [1.165, 1.54) is 6.20 Å². The fourth-order valence-electron chi connectivity index (χ4n) is 1.83. The van der Waals surface area contributed by atoms with Gasteiger partial charge in [-0.2, -0.15) is 0 Å². The molecule has 0 spiro atoms. The number of amides is 2. The van der Waals surface area contributed by atoms with E-state index in [1.54, 1.807) is 0 Å². The molecule has 7 heteroatoms. The average Bonchev–Trinajstić information content (AvgIpc) is 2.40. The van der Waals surface area contributed by atoms with Crippen LogP contribution in [0.15, 0.2) is 17.2 Å². The number of aromatic amines is 1. The number of carbonyl (C=O) groups excluding carboxylic acids is 2. The number of hydrogen-bond donors (Lipinski definition) is 3.